The van der Waals surface area contributed by atoms with Crippen molar-refractivity contribution in [2.75, 3.05) is 13.6 Å². The van der Waals surface area contributed by atoms with Crippen LogP contribution >= 0.6 is 11.3 Å². The molecule has 0 atom stereocenters. The first-order valence-electron chi connectivity index (χ1n) is 6.74. The molecule has 1 N–H and O–H groups in total. The van der Waals surface area contributed by atoms with Crippen LogP contribution in [-0.4, -0.2) is 32.4 Å². The van der Waals surface area contributed by atoms with Crippen LogP contribution in [0.25, 0.3) is 0 Å². The summed E-state index contributed by atoms with van der Waals surface area (Å²) in [6, 6.07) is 2.44. The summed E-state index contributed by atoms with van der Waals surface area (Å²) in [7, 11) is -1.65. The van der Waals surface area contributed by atoms with Crippen molar-refractivity contribution < 1.29 is 8.42 Å². The predicted molar refractivity (Wildman–Crippen MR) is 79.0 cm³/mol. The standard InChI is InChI=1S/C13H22N2O2S2/c1-4-7-15(3)19(16,17)13-8-10(2)12(18-13)9-14-11-5-6-11/h8,11,14H,4-7,9H2,1-3H3. The molecule has 2 rings (SSSR count). The predicted octanol–water partition coefficient (Wildman–Crippen LogP) is 2.34. The average Bonchev–Trinajstić information content (AvgIpc) is 3.10. The molecule has 4 nitrogen and oxygen atoms in total. The summed E-state index contributed by atoms with van der Waals surface area (Å²) < 4.78 is 26.6. The lowest BCUT2D eigenvalue weighted by atomic mass is 10.3. The van der Waals surface area contributed by atoms with Crippen molar-refractivity contribution in [3.05, 3.63) is 16.5 Å². The van der Waals surface area contributed by atoms with Gasteiger partial charge in [-0.1, -0.05) is 6.92 Å². The van der Waals surface area contributed by atoms with Crippen molar-refractivity contribution in [1.82, 2.24) is 9.62 Å². The Kier molecular flexibility index (Phi) is 4.66. The molecule has 108 valence electrons. The number of hydrogen-bond donors (Lipinski definition) is 1. The molecule has 1 aliphatic rings. The number of sulfonamides is 1. The maximum atomic E-state index is 12.4. The van der Waals surface area contributed by atoms with E-state index in [1.54, 1.807) is 13.1 Å². The van der Waals surface area contributed by atoms with Crippen molar-refractivity contribution >= 4 is 21.4 Å². The third-order valence-electron chi connectivity index (χ3n) is 3.33. The topological polar surface area (TPSA) is 49.4 Å². The third-order valence-corrected chi connectivity index (χ3v) is 6.87. The Morgan fingerprint density at radius 3 is 2.74 bits per heavy atom. The maximum absolute atomic E-state index is 12.4. The van der Waals surface area contributed by atoms with E-state index in [1.165, 1.54) is 28.5 Å². The van der Waals surface area contributed by atoms with E-state index in [2.05, 4.69) is 5.32 Å². The molecule has 0 radical (unpaired) electrons. The minimum atomic E-state index is -3.30. The molecule has 0 unspecified atom stereocenters. The van der Waals surface area contributed by atoms with E-state index in [0.717, 1.165) is 23.4 Å². The van der Waals surface area contributed by atoms with Gasteiger partial charge in [0.1, 0.15) is 4.21 Å². The highest BCUT2D eigenvalue weighted by Gasteiger charge is 2.25. The van der Waals surface area contributed by atoms with Crippen LogP contribution in [-0.2, 0) is 16.6 Å². The fourth-order valence-electron chi connectivity index (χ4n) is 1.90. The van der Waals surface area contributed by atoms with Gasteiger partial charge in [-0.25, -0.2) is 12.7 Å². The first kappa shape index (κ1) is 15.0. The number of rotatable bonds is 7. The fraction of sp³-hybridized carbons (Fsp3) is 0.692. The molecule has 6 heteroatoms. The number of hydrogen-bond acceptors (Lipinski definition) is 4. The van der Waals surface area contributed by atoms with Crippen molar-refractivity contribution in [3.8, 4) is 0 Å². The number of thiophene rings is 1. The molecule has 0 aliphatic heterocycles. The average molecular weight is 302 g/mol. The van der Waals surface area contributed by atoms with Crippen LogP contribution in [0.3, 0.4) is 0 Å². The van der Waals surface area contributed by atoms with Crippen LogP contribution in [0, 0.1) is 6.92 Å². The summed E-state index contributed by atoms with van der Waals surface area (Å²) in [4.78, 5) is 1.13. The highest BCUT2D eigenvalue weighted by atomic mass is 32.2. The lowest BCUT2D eigenvalue weighted by molar-refractivity contribution is 0.470. The molecule has 1 fully saturated rings. The summed E-state index contributed by atoms with van der Waals surface area (Å²) in [5.74, 6) is 0. The maximum Gasteiger partial charge on any atom is 0.252 e. The van der Waals surface area contributed by atoms with E-state index < -0.39 is 10.0 Å². The van der Waals surface area contributed by atoms with Crippen molar-refractivity contribution in [2.24, 2.45) is 0 Å². The van der Waals surface area contributed by atoms with Crippen molar-refractivity contribution in [3.63, 3.8) is 0 Å². The molecular formula is C13H22N2O2S2. The second-order valence-electron chi connectivity index (χ2n) is 5.15. The highest BCUT2D eigenvalue weighted by Crippen LogP contribution is 2.29. The highest BCUT2D eigenvalue weighted by molar-refractivity contribution is 7.91. The van der Waals surface area contributed by atoms with Gasteiger partial charge in [0.15, 0.2) is 0 Å². The van der Waals surface area contributed by atoms with Gasteiger partial charge in [0, 0.05) is 31.1 Å². The number of nitrogens with one attached hydrogen (secondary N) is 1. The van der Waals surface area contributed by atoms with Gasteiger partial charge in [-0.3, -0.25) is 0 Å². The van der Waals surface area contributed by atoms with Gasteiger partial charge in [0.2, 0.25) is 0 Å². The normalized spacial score (nSPS) is 16.2. The molecule has 0 saturated heterocycles. The Morgan fingerprint density at radius 1 is 1.47 bits per heavy atom. The molecule has 1 aromatic heterocycles. The summed E-state index contributed by atoms with van der Waals surface area (Å²) in [5, 5.41) is 3.43. The summed E-state index contributed by atoms with van der Waals surface area (Å²) in [6.45, 7) is 5.32. The first-order valence-corrected chi connectivity index (χ1v) is 9.00. The molecule has 0 spiro atoms. The zero-order valence-corrected chi connectivity index (χ0v) is 13.4. The molecule has 1 aromatic rings. The van der Waals surface area contributed by atoms with Crippen molar-refractivity contribution in [2.45, 2.75) is 49.9 Å². The molecule has 0 amide bonds. The summed E-state index contributed by atoms with van der Waals surface area (Å²) in [5.41, 5.74) is 1.07. The lowest BCUT2D eigenvalue weighted by Crippen LogP contribution is -2.26. The van der Waals surface area contributed by atoms with Crippen LogP contribution in [0.1, 0.15) is 36.6 Å². The zero-order chi connectivity index (χ0) is 14.0. The lowest BCUT2D eigenvalue weighted by Gasteiger charge is -2.14. The molecule has 19 heavy (non-hydrogen) atoms. The second-order valence-corrected chi connectivity index (χ2v) is 8.56. The van der Waals surface area contributed by atoms with Gasteiger partial charge >= 0.3 is 0 Å². The van der Waals surface area contributed by atoms with E-state index in [0.29, 0.717) is 16.8 Å². The van der Waals surface area contributed by atoms with Crippen LogP contribution in [0.15, 0.2) is 10.3 Å². The monoisotopic (exact) mass is 302 g/mol. The van der Waals surface area contributed by atoms with E-state index >= 15 is 0 Å². The molecule has 1 heterocycles. The smallest absolute Gasteiger partial charge is 0.252 e. The zero-order valence-electron chi connectivity index (χ0n) is 11.8. The van der Waals surface area contributed by atoms with Gasteiger partial charge < -0.3 is 5.32 Å². The van der Waals surface area contributed by atoms with Gasteiger partial charge in [-0.15, -0.1) is 11.3 Å². The van der Waals surface area contributed by atoms with E-state index in [-0.39, 0.29) is 0 Å². The molecule has 1 saturated carbocycles. The Labute approximate surface area is 119 Å². The third kappa shape index (κ3) is 3.56. The van der Waals surface area contributed by atoms with Gasteiger partial charge in [0.25, 0.3) is 10.0 Å². The van der Waals surface area contributed by atoms with Gasteiger partial charge in [-0.2, -0.15) is 0 Å². The Hall–Kier alpha value is -0.430. The number of nitrogens with zero attached hydrogens (tertiary/aromatic N) is 1. The minimum absolute atomic E-state index is 0.466. The largest absolute Gasteiger partial charge is 0.309 e. The number of aryl methyl sites for hydroxylation is 1. The van der Waals surface area contributed by atoms with Gasteiger partial charge in [-0.05, 0) is 37.8 Å². The fourth-order valence-corrected chi connectivity index (χ4v) is 4.92. The molecule has 0 aromatic carbocycles. The molecule has 1 aliphatic carbocycles. The summed E-state index contributed by atoms with van der Waals surface area (Å²) >= 11 is 1.40. The van der Waals surface area contributed by atoms with E-state index in [4.69, 9.17) is 0 Å². The van der Waals surface area contributed by atoms with Crippen LogP contribution in [0.5, 0.6) is 0 Å². The summed E-state index contributed by atoms with van der Waals surface area (Å²) in [6.07, 6.45) is 3.32. The molecular weight excluding hydrogens is 280 g/mol. The SMILES string of the molecule is CCCN(C)S(=O)(=O)c1cc(C)c(CNC2CC2)s1. The van der Waals surface area contributed by atoms with Crippen LogP contribution in [0.2, 0.25) is 0 Å². The Morgan fingerprint density at radius 2 is 2.16 bits per heavy atom. The molecule has 0 bridgehead atoms. The minimum Gasteiger partial charge on any atom is -0.309 e. The van der Waals surface area contributed by atoms with Crippen LogP contribution < -0.4 is 5.32 Å². The van der Waals surface area contributed by atoms with Crippen LogP contribution in [0.4, 0.5) is 0 Å². The van der Waals surface area contributed by atoms with E-state index in [1.807, 2.05) is 13.8 Å². The van der Waals surface area contributed by atoms with E-state index in [9.17, 15) is 8.42 Å². The first-order chi connectivity index (χ1) is 8.95. The quantitative estimate of drug-likeness (QED) is 0.841. The Balaban J connectivity index is 2.13. The Bertz CT molecular complexity index is 533. The van der Waals surface area contributed by atoms with Crippen molar-refractivity contribution in [1.29, 1.82) is 0 Å². The second kappa shape index (κ2) is 5.91. The van der Waals surface area contributed by atoms with Gasteiger partial charge in [0.05, 0.1) is 0 Å².